The molecule has 10 heavy (non-hydrogen) atoms. The lowest BCUT2D eigenvalue weighted by Gasteiger charge is -2.00. The van der Waals surface area contributed by atoms with Gasteiger partial charge in [-0.3, -0.25) is 4.98 Å². The molecular weight excluding hydrogens is 130 g/mol. The Balaban J connectivity index is 2.35. The Labute approximate surface area is 58.3 Å². The summed E-state index contributed by atoms with van der Waals surface area (Å²) in [6.07, 6.45) is 1.63. The van der Waals surface area contributed by atoms with Gasteiger partial charge >= 0.3 is 0 Å². The predicted octanol–water partition coefficient (Wildman–Crippen LogP) is 0.257. The number of nitrogens with zero attached hydrogens (tertiary/aromatic N) is 1. The molecule has 0 bridgehead atoms. The lowest BCUT2D eigenvalue weighted by Crippen LogP contribution is -2.08. The van der Waals surface area contributed by atoms with Gasteiger partial charge in [0.2, 0.25) is 5.79 Å². The van der Waals surface area contributed by atoms with Crippen molar-refractivity contribution in [1.29, 1.82) is 0 Å². The summed E-state index contributed by atoms with van der Waals surface area (Å²) >= 11 is 0. The monoisotopic (exact) mass is 137 g/mol. The molecule has 1 saturated heterocycles. The van der Waals surface area contributed by atoms with E-state index in [0.717, 1.165) is 0 Å². The maximum absolute atomic E-state index is 9.32. The van der Waals surface area contributed by atoms with Crippen LogP contribution in [-0.2, 0) is 10.5 Å². The first kappa shape index (κ1) is 5.82. The van der Waals surface area contributed by atoms with E-state index in [1.165, 1.54) is 0 Å². The van der Waals surface area contributed by atoms with Gasteiger partial charge in [-0.2, -0.15) is 0 Å². The summed E-state index contributed by atoms with van der Waals surface area (Å²) in [7, 11) is 0. The van der Waals surface area contributed by atoms with Crippen molar-refractivity contribution in [3.63, 3.8) is 0 Å². The van der Waals surface area contributed by atoms with Crippen molar-refractivity contribution >= 4 is 0 Å². The summed E-state index contributed by atoms with van der Waals surface area (Å²) in [4.78, 5) is 3.94. The minimum atomic E-state index is -1.07. The summed E-state index contributed by atoms with van der Waals surface area (Å²) in [5.74, 6) is -1.07. The zero-order valence-corrected chi connectivity index (χ0v) is 5.32. The zero-order chi connectivity index (χ0) is 7.03. The topological polar surface area (TPSA) is 45.7 Å². The van der Waals surface area contributed by atoms with Crippen LogP contribution in [0, 0.1) is 0 Å². The van der Waals surface area contributed by atoms with Gasteiger partial charge in [-0.05, 0) is 12.1 Å². The molecule has 0 aliphatic carbocycles. The number of aromatic nitrogens is 1. The van der Waals surface area contributed by atoms with E-state index < -0.39 is 5.79 Å². The fourth-order valence-electron chi connectivity index (χ4n) is 0.810. The molecule has 0 radical (unpaired) electrons. The molecule has 1 atom stereocenters. The second-order valence-corrected chi connectivity index (χ2v) is 2.29. The standard InChI is InChI=1S/C7H7NO2/c9-7(5-10-7)6-3-1-2-4-8-6/h1-4,9H,5H2. The van der Waals surface area contributed by atoms with Gasteiger partial charge in [-0.25, -0.2) is 0 Å². The third kappa shape index (κ3) is 0.798. The average molecular weight is 137 g/mol. The molecule has 0 aromatic carbocycles. The van der Waals surface area contributed by atoms with Crippen LogP contribution in [0.25, 0.3) is 0 Å². The summed E-state index contributed by atoms with van der Waals surface area (Å²) in [6.45, 7) is 0.365. The Hall–Kier alpha value is -0.930. The van der Waals surface area contributed by atoms with Crippen LogP contribution in [-0.4, -0.2) is 16.7 Å². The number of epoxide rings is 1. The number of pyridine rings is 1. The van der Waals surface area contributed by atoms with Crippen LogP contribution in [0.2, 0.25) is 0 Å². The minimum absolute atomic E-state index is 0.365. The van der Waals surface area contributed by atoms with Gasteiger partial charge in [0, 0.05) is 6.20 Å². The van der Waals surface area contributed by atoms with Crippen LogP contribution in [0.3, 0.4) is 0 Å². The summed E-state index contributed by atoms with van der Waals surface area (Å²) in [5.41, 5.74) is 0.593. The molecule has 0 amide bonds. The van der Waals surface area contributed by atoms with Crippen molar-refractivity contribution in [2.24, 2.45) is 0 Å². The van der Waals surface area contributed by atoms with E-state index in [9.17, 15) is 5.11 Å². The van der Waals surface area contributed by atoms with E-state index in [-0.39, 0.29) is 0 Å². The molecule has 0 saturated carbocycles. The fraction of sp³-hybridized carbons (Fsp3) is 0.286. The highest BCUT2D eigenvalue weighted by Gasteiger charge is 2.45. The average Bonchev–Trinajstić information content (AvgIpc) is 2.72. The van der Waals surface area contributed by atoms with Crippen LogP contribution in [0.15, 0.2) is 24.4 Å². The van der Waals surface area contributed by atoms with E-state index in [0.29, 0.717) is 12.3 Å². The molecule has 52 valence electrons. The molecule has 1 aliphatic heterocycles. The highest BCUT2D eigenvalue weighted by molar-refractivity contribution is 5.13. The van der Waals surface area contributed by atoms with Gasteiger partial charge in [-0.15, -0.1) is 0 Å². The maximum atomic E-state index is 9.32. The third-order valence-corrected chi connectivity index (χ3v) is 1.48. The zero-order valence-electron chi connectivity index (χ0n) is 5.32. The summed E-state index contributed by atoms with van der Waals surface area (Å²) < 4.78 is 4.78. The fourth-order valence-corrected chi connectivity index (χ4v) is 0.810. The van der Waals surface area contributed by atoms with E-state index in [2.05, 4.69) is 4.98 Å². The molecule has 1 unspecified atom stereocenters. The number of ether oxygens (including phenoxy) is 1. The van der Waals surface area contributed by atoms with Crippen molar-refractivity contribution in [2.45, 2.75) is 5.79 Å². The molecule has 1 aliphatic rings. The van der Waals surface area contributed by atoms with Crippen LogP contribution < -0.4 is 0 Å². The van der Waals surface area contributed by atoms with E-state index in [1.807, 2.05) is 6.07 Å². The van der Waals surface area contributed by atoms with Gasteiger partial charge in [0.1, 0.15) is 12.3 Å². The predicted molar refractivity (Wildman–Crippen MR) is 34.1 cm³/mol. The maximum Gasteiger partial charge on any atom is 0.234 e. The molecule has 2 heterocycles. The lowest BCUT2D eigenvalue weighted by atomic mass is 10.2. The lowest BCUT2D eigenvalue weighted by molar-refractivity contribution is 0.0294. The molecule has 3 heteroatoms. The highest BCUT2D eigenvalue weighted by Crippen LogP contribution is 2.33. The summed E-state index contributed by atoms with van der Waals surface area (Å²) in [5, 5.41) is 9.32. The Kier molecular flexibility index (Phi) is 1.03. The van der Waals surface area contributed by atoms with Crippen molar-refractivity contribution in [2.75, 3.05) is 6.61 Å². The highest BCUT2D eigenvalue weighted by atomic mass is 16.7. The van der Waals surface area contributed by atoms with Gasteiger partial charge in [0.15, 0.2) is 0 Å². The van der Waals surface area contributed by atoms with Gasteiger partial charge in [0.05, 0.1) is 0 Å². The Morgan fingerprint density at radius 1 is 1.60 bits per heavy atom. The first-order valence-corrected chi connectivity index (χ1v) is 3.09. The molecule has 1 aromatic heterocycles. The number of hydrogen-bond donors (Lipinski definition) is 1. The normalized spacial score (nSPS) is 30.1. The van der Waals surface area contributed by atoms with E-state index in [1.54, 1.807) is 18.3 Å². The van der Waals surface area contributed by atoms with Crippen LogP contribution in [0.5, 0.6) is 0 Å². The molecular formula is C7H7NO2. The van der Waals surface area contributed by atoms with Crippen LogP contribution >= 0.6 is 0 Å². The molecule has 1 N–H and O–H groups in total. The molecule has 0 spiro atoms. The number of rotatable bonds is 1. The smallest absolute Gasteiger partial charge is 0.234 e. The minimum Gasteiger partial charge on any atom is -0.359 e. The van der Waals surface area contributed by atoms with Crippen molar-refractivity contribution in [3.8, 4) is 0 Å². The van der Waals surface area contributed by atoms with Crippen molar-refractivity contribution in [1.82, 2.24) is 4.98 Å². The second-order valence-electron chi connectivity index (χ2n) is 2.29. The van der Waals surface area contributed by atoms with E-state index in [4.69, 9.17) is 4.74 Å². The van der Waals surface area contributed by atoms with Crippen molar-refractivity contribution in [3.05, 3.63) is 30.1 Å². The quantitative estimate of drug-likeness (QED) is 0.564. The first-order chi connectivity index (χ1) is 4.81. The first-order valence-electron chi connectivity index (χ1n) is 3.09. The van der Waals surface area contributed by atoms with E-state index >= 15 is 0 Å². The second kappa shape index (κ2) is 1.78. The molecule has 1 aromatic rings. The van der Waals surface area contributed by atoms with Crippen LogP contribution in [0.4, 0.5) is 0 Å². The third-order valence-electron chi connectivity index (χ3n) is 1.48. The largest absolute Gasteiger partial charge is 0.359 e. The Morgan fingerprint density at radius 2 is 2.40 bits per heavy atom. The van der Waals surface area contributed by atoms with Crippen LogP contribution in [0.1, 0.15) is 5.69 Å². The molecule has 1 fully saturated rings. The van der Waals surface area contributed by atoms with Crippen molar-refractivity contribution < 1.29 is 9.84 Å². The van der Waals surface area contributed by atoms with Gasteiger partial charge < -0.3 is 9.84 Å². The summed E-state index contributed by atoms with van der Waals surface area (Å²) in [6, 6.07) is 5.37. The molecule has 2 rings (SSSR count). The number of aliphatic hydroxyl groups is 1. The SMILES string of the molecule is OC1(c2ccccn2)CO1. The van der Waals surface area contributed by atoms with Gasteiger partial charge in [-0.1, -0.05) is 6.07 Å². The number of hydrogen-bond acceptors (Lipinski definition) is 3. The Morgan fingerprint density at radius 3 is 2.90 bits per heavy atom. The Bertz CT molecular complexity index is 231. The molecule has 3 nitrogen and oxygen atoms in total. The van der Waals surface area contributed by atoms with Gasteiger partial charge in [0.25, 0.3) is 0 Å².